The van der Waals surface area contributed by atoms with E-state index in [1.54, 1.807) is 0 Å². The van der Waals surface area contributed by atoms with Crippen LogP contribution in [0.1, 0.15) is 65.7 Å². The first-order valence-electron chi connectivity index (χ1n) is 6.41. The Morgan fingerprint density at radius 2 is 1.60 bits per heavy atom. The molecule has 0 aliphatic heterocycles. The fourth-order valence-corrected chi connectivity index (χ4v) is 1.89. The van der Waals surface area contributed by atoms with E-state index in [-0.39, 0.29) is 0 Å². The maximum atomic E-state index is 4.13. The molecule has 0 aliphatic rings. The molecule has 1 unspecified atom stereocenters. The Labute approximate surface area is 96.5 Å². The first-order valence-corrected chi connectivity index (χ1v) is 6.41. The lowest BCUT2D eigenvalue weighted by Gasteiger charge is -2.15. The monoisotopic (exact) mass is 208 g/mol. The summed E-state index contributed by atoms with van der Waals surface area (Å²) in [5.41, 5.74) is 2.76. The second kappa shape index (κ2) is 8.76. The Kier molecular flexibility index (Phi) is 8.46. The van der Waals surface area contributed by atoms with Crippen molar-refractivity contribution in [3.05, 3.63) is 24.3 Å². The van der Waals surface area contributed by atoms with Gasteiger partial charge in [-0.25, -0.2) is 0 Å². The molecule has 0 aromatic rings. The van der Waals surface area contributed by atoms with Crippen LogP contribution in [-0.4, -0.2) is 0 Å². The Morgan fingerprint density at radius 3 is 2.07 bits per heavy atom. The van der Waals surface area contributed by atoms with Gasteiger partial charge in [-0.05, 0) is 44.9 Å². The summed E-state index contributed by atoms with van der Waals surface area (Å²) in [4.78, 5) is 0. The summed E-state index contributed by atoms with van der Waals surface area (Å²) in [6.45, 7) is 14.7. The summed E-state index contributed by atoms with van der Waals surface area (Å²) in [6.07, 6.45) is 8.79. The van der Waals surface area contributed by atoms with Crippen molar-refractivity contribution in [2.24, 2.45) is 5.92 Å². The zero-order chi connectivity index (χ0) is 11.7. The molecule has 0 N–H and O–H groups in total. The third-order valence-electron chi connectivity index (χ3n) is 3.07. The third kappa shape index (κ3) is 8.47. The SMILES string of the molecule is C=C(C)CCC(CC)CCC(=C)CCC. The molecular weight excluding hydrogens is 180 g/mol. The van der Waals surface area contributed by atoms with Gasteiger partial charge in [0.25, 0.3) is 0 Å². The van der Waals surface area contributed by atoms with Crippen LogP contribution in [-0.2, 0) is 0 Å². The van der Waals surface area contributed by atoms with Crippen molar-refractivity contribution in [2.75, 3.05) is 0 Å². The molecule has 0 spiro atoms. The van der Waals surface area contributed by atoms with E-state index in [0.29, 0.717) is 0 Å². The van der Waals surface area contributed by atoms with Crippen molar-refractivity contribution in [3.8, 4) is 0 Å². The van der Waals surface area contributed by atoms with Crippen LogP contribution < -0.4 is 0 Å². The third-order valence-corrected chi connectivity index (χ3v) is 3.07. The Balaban J connectivity index is 3.69. The Hall–Kier alpha value is -0.520. The molecule has 0 amide bonds. The lowest BCUT2D eigenvalue weighted by atomic mass is 9.91. The van der Waals surface area contributed by atoms with Crippen LogP contribution >= 0.6 is 0 Å². The van der Waals surface area contributed by atoms with E-state index in [0.717, 1.165) is 5.92 Å². The number of hydrogen-bond acceptors (Lipinski definition) is 0. The minimum Gasteiger partial charge on any atom is -0.100 e. The van der Waals surface area contributed by atoms with Crippen LogP contribution in [0.2, 0.25) is 0 Å². The molecule has 0 nitrogen and oxygen atoms in total. The summed E-state index contributed by atoms with van der Waals surface area (Å²) in [5, 5.41) is 0. The molecule has 0 saturated carbocycles. The highest BCUT2D eigenvalue weighted by atomic mass is 14.1. The van der Waals surface area contributed by atoms with Gasteiger partial charge >= 0.3 is 0 Å². The molecule has 0 rings (SSSR count). The van der Waals surface area contributed by atoms with E-state index in [4.69, 9.17) is 0 Å². The molecule has 0 aliphatic carbocycles. The lowest BCUT2D eigenvalue weighted by Crippen LogP contribution is -2.00. The van der Waals surface area contributed by atoms with Gasteiger partial charge in [0.15, 0.2) is 0 Å². The predicted molar refractivity (Wildman–Crippen MR) is 71.1 cm³/mol. The summed E-state index contributed by atoms with van der Waals surface area (Å²) in [5.74, 6) is 0.871. The molecule has 0 saturated heterocycles. The van der Waals surface area contributed by atoms with Gasteiger partial charge in [0.05, 0.1) is 0 Å². The first kappa shape index (κ1) is 14.5. The van der Waals surface area contributed by atoms with Gasteiger partial charge in [0, 0.05) is 0 Å². The van der Waals surface area contributed by atoms with Crippen molar-refractivity contribution >= 4 is 0 Å². The Morgan fingerprint density at radius 1 is 1.00 bits per heavy atom. The maximum Gasteiger partial charge on any atom is -0.0320 e. The largest absolute Gasteiger partial charge is 0.100 e. The summed E-state index contributed by atoms with van der Waals surface area (Å²) >= 11 is 0. The molecule has 1 atom stereocenters. The average Bonchev–Trinajstić information content (AvgIpc) is 2.18. The quantitative estimate of drug-likeness (QED) is 0.438. The molecule has 0 fully saturated rings. The van der Waals surface area contributed by atoms with E-state index < -0.39 is 0 Å². The predicted octanol–water partition coefficient (Wildman–Crippen LogP) is 5.51. The molecule has 0 radical (unpaired) electrons. The van der Waals surface area contributed by atoms with Crippen molar-refractivity contribution in [1.82, 2.24) is 0 Å². The van der Waals surface area contributed by atoms with Gasteiger partial charge in [-0.15, -0.1) is 6.58 Å². The minimum atomic E-state index is 0.871. The molecule has 0 heteroatoms. The summed E-state index contributed by atoms with van der Waals surface area (Å²) < 4.78 is 0. The van der Waals surface area contributed by atoms with Crippen molar-refractivity contribution in [2.45, 2.75) is 65.7 Å². The minimum absolute atomic E-state index is 0.871. The molecule has 0 heterocycles. The first-order chi connectivity index (χ1) is 7.10. The fourth-order valence-electron chi connectivity index (χ4n) is 1.89. The molecule has 0 aromatic heterocycles. The molecule has 0 aromatic carbocycles. The van der Waals surface area contributed by atoms with Crippen LogP contribution in [0.5, 0.6) is 0 Å². The zero-order valence-corrected chi connectivity index (χ0v) is 10.9. The van der Waals surface area contributed by atoms with Crippen LogP contribution in [0, 0.1) is 5.92 Å². The van der Waals surface area contributed by atoms with E-state index >= 15 is 0 Å². The highest BCUT2D eigenvalue weighted by Crippen LogP contribution is 2.22. The van der Waals surface area contributed by atoms with Crippen LogP contribution in [0.4, 0.5) is 0 Å². The zero-order valence-electron chi connectivity index (χ0n) is 10.9. The second-order valence-corrected chi connectivity index (χ2v) is 4.81. The van der Waals surface area contributed by atoms with Gasteiger partial charge in [-0.3, -0.25) is 0 Å². The molecule has 15 heavy (non-hydrogen) atoms. The summed E-state index contributed by atoms with van der Waals surface area (Å²) in [7, 11) is 0. The standard InChI is InChI=1S/C15H28/c1-6-8-14(5)10-12-15(7-2)11-9-13(3)4/h15H,3,5-12H2,1-2,4H3. The van der Waals surface area contributed by atoms with E-state index in [1.165, 1.54) is 56.1 Å². The van der Waals surface area contributed by atoms with E-state index in [2.05, 4.69) is 33.9 Å². The van der Waals surface area contributed by atoms with Gasteiger partial charge in [-0.2, -0.15) is 0 Å². The second-order valence-electron chi connectivity index (χ2n) is 4.81. The van der Waals surface area contributed by atoms with Crippen LogP contribution in [0.25, 0.3) is 0 Å². The molecular formula is C15H28. The van der Waals surface area contributed by atoms with Crippen LogP contribution in [0.15, 0.2) is 24.3 Å². The maximum absolute atomic E-state index is 4.13. The lowest BCUT2D eigenvalue weighted by molar-refractivity contribution is 0.434. The van der Waals surface area contributed by atoms with Gasteiger partial charge < -0.3 is 0 Å². The number of hydrogen-bond donors (Lipinski definition) is 0. The highest BCUT2D eigenvalue weighted by molar-refractivity contribution is 4.94. The fraction of sp³-hybridized carbons (Fsp3) is 0.733. The number of rotatable bonds is 9. The number of allylic oxidation sites excluding steroid dienone is 2. The average molecular weight is 208 g/mol. The van der Waals surface area contributed by atoms with Crippen molar-refractivity contribution in [3.63, 3.8) is 0 Å². The highest BCUT2D eigenvalue weighted by Gasteiger charge is 2.06. The van der Waals surface area contributed by atoms with E-state index in [9.17, 15) is 0 Å². The van der Waals surface area contributed by atoms with Gasteiger partial charge in [0.2, 0.25) is 0 Å². The van der Waals surface area contributed by atoms with Gasteiger partial charge in [-0.1, -0.05) is 44.4 Å². The van der Waals surface area contributed by atoms with Crippen LogP contribution in [0.3, 0.4) is 0 Å². The molecule has 0 bridgehead atoms. The van der Waals surface area contributed by atoms with Gasteiger partial charge in [0.1, 0.15) is 0 Å². The van der Waals surface area contributed by atoms with E-state index in [1.807, 2.05) is 0 Å². The summed E-state index contributed by atoms with van der Waals surface area (Å²) in [6, 6.07) is 0. The van der Waals surface area contributed by atoms with Crippen molar-refractivity contribution in [1.29, 1.82) is 0 Å². The Bertz CT molecular complexity index is 188. The van der Waals surface area contributed by atoms with Crippen molar-refractivity contribution < 1.29 is 0 Å². The smallest absolute Gasteiger partial charge is 0.0320 e. The molecule has 88 valence electrons. The topological polar surface area (TPSA) is 0 Å². The normalized spacial score (nSPS) is 12.5.